The quantitative estimate of drug-likeness (QED) is 0.431. The zero-order valence-corrected chi connectivity index (χ0v) is 17.4. The molecular formula is C23H17ClN2O3S. The molecule has 1 aromatic heterocycles. The van der Waals surface area contributed by atoms with E-state index in [1.807, 2.05) is 35.7 Å². The van der Waals surface area contributed by atoms with Crippen LogP contribution in [0, 0.1) is 0 Å². The third-order valence-electron chi connectivity index (χ3n) is 4.60. The SMILES string of the molecule is NC(=O)c1ccc(-c2nc(COC(=O)Cc3cc(Cl)cc4ccccc34)cs2)cc1. The molecule has 3 aromatic carbocycles. The van der Waals surface area contributed by atoms with Crippen LogP contribution in [0.5, 0.6) is 0 Å². The maximum Gasteiger partial charge on any atom is 0.310 e. The van der Waals surface area contributed by atoms with E-state index in [1.54, 1.807) is 30.3 Å². The van der Waals surface area contributed by atoms with Crippen LogP contribution in [0.25, 0.3) is 21.3 Å². The number of hydrogen-bond acceptors (Lipinski definition) is 5. The lowest BCUT2D eigenvalue weighted by atomic mass is 10.0. The summed E-state index contributed by atoms with van der Waals surface area (Å²) in [5.41, 5.74) is 8.07. The van der Waals surface area contributed by atoms with Gasteiger partial charge in [-0.15, -0.1) is 11.3 Å². The van der Waals surface area contributed by atoms with Gasteiger partial charge >= 0.3 is 5.97 Å². The summed E-state index contributed by atoms with van der Waals surface area (Å²) in [4.78, 5) is 28.1. The second-order valence-corrected chi connectivity index (χ2v) is 8.00. The Morgan fingerprint density at radius 1 is 1.07 bits per heavy atom. The van der Waals surface area contributed by atoms with Crippen LogP contribution >= 0.6 is 22.9 Å². The molecule has 4 aromatic rings. The van der Waals surface area contributed by atoms with Gasteiger partial charge in [0.15, 0.2) is 0 Å². The largest absolute Gasteiger partial charge is 0.459 e. The first-order valence-corrected chi connectivity index (χ1v) is 10.4. The van der Waals surface area contributed by atoms with Gasteiger partial charge in [-0.25, -0.2) is 4.98 Å². The number of ether oxygens (including phenoxy) is 1. The van der Waals surface area contributed by atoms with Crippen LogP contribution in [0.15, 0.2) is 66.0 Å². The lowest BCUT2D eigenvalue weighted by Gasteiger charge is -2.08. The van der Waals surface area contributed by atoms with Gasteiger partial charge in [-0.05, 0) is 40.6 Å². The first kappa shape index (κ1) is 20.1. The molecule has 7 heteroatoms. The number of nitrogens with zero attached hydrogens (tertiary/aromatic N) is 1. The van der Waals surface area contributed by atoms with Crippen LogP contribution in [0.3, 0.4) is 0 Å². The molecule has 0 aliphatic heterocycles. The Morgan fingerprint density at radius 2 is 1.83 bits per heavy atom. The molecule has 0 saturated heterocycles. The molecule has 0 aliphatic rings. The van der Waals surface area contributed by atoms with Crippen LogP contribution in [0.4, 0.5) is 0 Å². The van der Waals surface area contributed by atoms with Crippen molar-refractivity contribution in [1.29, 1.82) is 0 Å². The monoisotopic (exact) mass is 436 g/mol. The predicted octanol–water partition coefficient (Wildman–Crippen LogP) is 5.00. The number of primary amides is 1. The van der Waals surface area contributed by atoms with Gasteiger partial charge < -0.3 is 10.5 Å². The highest BCUT2D eigenvalue weighted by Gasteiger charge is 2.12. The standard InChI is InChI=1S/C23H17ClN2O3S/c24-18-9-16-3-1-2-4-20(16)17(10-18)11-21(27)29-12-19-13-30-23(26-19)15-7-5-14(6-8-15)22(25)28/h1-10,13H,11-12H2,(H2,25,28). The Kier molecular flexibility index (Phi) is 5.79. The molecule has 1 amide bonds. The van der Waals surface area contributed by atoms with Crippen molar-refractivity contribution in [3.05, 3.63) is 87.9 Å². The molecule has 5 nitrogen and oxygen atoms in total. The van der Waals surface area contributed by atoms with Gasteiger partial charge in [0.25, 0.3) is 0 Å². The third kappa shape index (κ3) is 4.50. The summed E-state index contributed by atoms with van der Waals surface area (Å²) in [7, 11) is 0. The Morgan fingerprint density at radius 3 is 2.60 bits per heavy atom. The molecule has 30 heavy (non-hydrogen) atoms. The van der Waals surface area contributed by atoms with E-state index in [9.17, 15) is 9.59 Å². The molecule has 0 aliphatic carbocycles. The number of halogens is 1. The van der Waals surface area contributed by atoms with Crippen molar-refractivity contribution in [1.82, 2.24) is 4.98 Å². The van der Waals surface area contributed by atoms with Crippen LogP contribution < -0.4 is 5.73 Å². The Balaban J connectivity index is 1.41. The van der Waals surface area contributed by atoms with Gasteiger partial charge in [-0.2, -0.15) is 0 Å². The topological polar surface area (TPSA) is 82.3 Å². The third-order valence-corrected chi connectivity index (χ3v) is 5.75. The number of benzene rings is 3. The Labute approximate surface area is 182 Å². The summed E-state index contributed by atoms with van der Waals surface area (Å²) in [6, 6.07) is 18.4. The number of amides is 1. The first-order valence-electron chi connectivity index (χ1n) is 9.17. The van der Waals surface area contributed by atoms with E-state index in [0.717, 1.165) is 26.9 Å². The molecule has 4 rings (SSSR count). The number of esters is 1. The second kappa shape index (κ2) is 8.65. The molecule has 1 heterocycles. The van der Waals surface area contributed by atoms with Crippen molar-refractivity contribution >= 4 is 45.6 Å². The van der Waals surface area contributed by atoms with Crippen molar-refractivity contribution in [2.75, 3.05) is 0 Å². The molecule has 150 valence electrons. The summed E-state index contributed by atoms with van der Waals surface area (Å²) in [5.74, 6) is -0.816. The molecule has 2 N–H and O–H groups in total. The Hall–Kier alpha value is -3.22. The molecule has 0 radical (unpaired) electrons. The fourth-order valence-corrected chi connectivity index (χ4v) is 4.20. The fourth-order valence-electron chi connectivity index (χ4n) is 3.14. The highest BCUT2D eigenvalue weighted by molar-refractivity contribution is 7.13. The fraction of sp³-hybridized carbons (Fsp3) is 0.0870. The van der Waals surface area contributed by atoms with Gasteiger partial charge in [0.2, 0.25) is 5.91 Å². The lowest BCUT2D eigenvalue weighted by molar-refractivity contribution is -0.144. The van der Waals surface area contributed by atoms with E-state index in [-0.39, 0.29) is 19.0 Å². The molecular weight excluding hydrogens is 420 g/mol. The summed E-state index contributed by atoms with van der Waals surface area (Å²) in [6.07, 6.45) is 0.132. The highest BCUT2D eigenvalue weighted by Crippen LogP contribution is 2.26. The molecule has 0 atom stereocenters. The number of thiazole rings is 1. The maximum absolute atomic E-state index is 12.4. The average Bonchev–Trinajstić information content (AvgIpc) is 3.21. The van der Waals surface area contributed by atoms with E-state index in [0.29, 0.717) is 16.3 Å². The second-order valence-electron chi connectivity index (χ2n) is 6.71. The number of nitrogens with two attached hydrogens (primary N) is 1. The highest BCUT2D eigenvalue weighted by atomic mass is 35.5. The molecule has 0 spiro atoms. The minimum absolute atomic E-state index is 0.0905. The summed E-state index contributed by atoms with van der Waals surface area (Å²) >= 11 is 7.62. The average molecular weight is 437 g/mol. The first-order chi connectivity index (χ1) is 14.5. The van der Waals surface area contributed by atoms with Crippen molar-refractivity contribution in [3.63, 3.8) is 0 Å². The smallest absolute Gasteiger partial charge is 0.310 e. The molecule has 0 bridgehead atoms. The van der Waals surface area contributed by atoms with Crippen LogP contribution in [-0.2, 0) is 22.6 Å². The van der Waals surface area contributed by atoms with E-state index in [1.165, 1.54) is 11.3 Å². The van der Waals surface area contributed by atoms with Crippen molar-refractivity contribution in [2.24, 2.45) is 5.73 Å². The number of hydrogen-bond donors (Lipinski definition) is 1. The van der Waals surface area contributed by atoms with Crippen molar-refractivity contribution in [3.8, 4) is 10.6 Å². The normalized spacial score (nSPS) is 10.8. The van der Waals surface area contributed by atoms with Gasteiger partial charge in [0.1, 0.15) is 11.6 Å². The predicted molar refractivity (Wildman–Crippen MR) is 119 cm³/mol. The van der Waals surface area contributed by atoms with Gasteiger partial charge in [0.05, 0.1) is 12.1 Å². The number of carbonyl (C=O) groups is 2. The van der Waals surface area contributed by atoms with Crippen molar-refractivity contribution in [2.45, 2.75) is 13.0 Å². The minimum Gasteiger partial charge on any atom is -0.459 e. The lowest BCUT2D eigenvalue weighted by Crippen LogP contribution is -2.10. The molecule has 0 unspecified atom stereocenters. The van der Waals surface area contributed by atoms with Gasteiger partial charge in [0, 0.05) is 21.5 Å². The van der Waals surface area contributed by atoms with Crippen LogP contribution in [0.1, 0.15) is 21.6 Å². The molecule has 0 saturated carbocycles. The van der Waals surface area contributed by atoms with Crippen molar-refractivity contribution < 1.29 is 14.3 Å². The minimum atomic E-state index is -0.472. The number of aromatic nitrogens is 1. The Bertz CT molecular complexity index is 1230. The number of rotatable bonds is 6. The number of fused-ring (bicyclic) bond motifs is 1. The van der Waals surface area contributed by atoms with E-state index in [2.05, 4.69) is 4.98 Å². The molecule has 0 fully saturated rings. The zero-order valence-electron chi connectivity index (χ0n) is 15.8. The van der Waals surface area contributed by atoms with E-state index >= 15 is 0 Å². The maximum atomic E-state index is 12.4. The summed E-state index contributed by atoms with van der Waals surface area (Å²) in [5, 5.41) is 5.17. The summed E-state index contributed by atoms with van der Waals surface area (Å²) in [6.45, 7) is 0.0905. The van der Waals surface area contributed by atoms with Crippen LogP contribution in [0.2, 0.25) is 5.02 Å². The zero-order chi connectivity index (χ0) is 21.1. The van der Waals surface area contributed by atoms with Gasteiger partial charge in [-0.3, -0.25) is 9.59 Å². The summed E-state index contributed by atoms with van der Waals surface area (Å²) < 4.78 is 5.42. The van der Waals surface area contributed by atoms with Gasteiger partial charge in [-0.1, -0.05) is 48.0 Å². The van der Waals surface area contributed by atoms with E-state index < -0.39 is 5.91 Å². The van der Waals surface area contributed by atoms with E-state index in [4.69, 9.17) is 22.1 Å². The van der Waals surface area contributed by atoms with Crippen LogP contribution in [-0.4, -0.2) is 16.9 Å². The number of carbonyl (C=O) groups excluding carboxylic acids is 2.